The van der Waals surface area contributed by atoms with Crippen molar-refractivity contribution in [2.24, 2.45) is 0 Å². The first-order chi connectivity index (χ1) is 14.3. The Morgan fingerprint density at radius 1 is 0.966 bits per heavy atom. The summed E-state index contributed by atoms with van der Waals surface area (Å²) in [4.78, 5) is 22.7. The van der Waals surface area contributed by atoms with E-state index in [-0.39, 0.29) is 5.91 Å². The van der Waals surface area contributed by atoms with Crippen molar-refractivity contribution >= 4 is 5.91 Å². The number of nitrogens with zero attached hydrogens (tertiary/aromatic N) is 3. The van der Waals surface area contributed by atoms with Gasteiger partial charge in [-0.2, -0.15) is 5.10 Å². The third kappa shape index (κ3) is 3.23. The minimum atomic E-state index is 0.0383. The van der Waals surface area contributed by atoms with Crippen LogP contribution in [0.1, 0.15) is 21.6 Å². The van der Waals surface area contributed by atoms with Gasteiger partial charge in [-0.1, -0.05) is 48.5 Å². The molecule has 0 fully saturated rings. The molecule has 0 atom stereocenters. The molecular formula is C23H21N5O. The van der Waals surface area contributed by atoms with E-state index >= 15 is 0 Å². The maximum atomic E-state index is 13.4. The van der Waals surface area contributed by atoms with Gasteiger partial charge in [0.05, 0.1) is 11.3 Å². The second-order valence-electron chi connectivity index (χ2n) is 7.17. The molecule has 3 heterocycles. The quantitative estimate of drug-likeness (QED) is 0.566. The van der Waals surface area contributed by atoms with Crippen LogP contribution in [-0.2, 0) is 12.8 Å². The van der Waals surface area contributed by atoms with Gasteiger partial charge in [0.1, 0.15) is 5.82 Å². The number of hydrogen-bond donors (Lipinski definition) is 2. The van der Waals surface area contributed by atoms with Crippen LogP contribution in [0.25, 0.3) is 22.6 Å². The lowest BCUT2D eigenvalue weighted by Gasteiger charge is -2.21. The molecule has 0 bridgehead atoms. The van der Waals surface area contributed by atoms with Gasteiger partial charge in [0.25, 0.3) is 5.91 Å². The Bertz CT molecular complexity index is 1130. The normalized spacial score (nSPS) is 13.7. The minimum absolute atomic E-state index is 0.0383. The number of imidazole rings is 1. The van der Waals surface area contributed by atoms with Crippen LogP contribution in [-0.4, -0.2) is 44.1 Å². The van der Waals surface area contributed by atoms with Crippen LogP contribution in [0.4, 0.5) is 0 Å². The molecule has 0 radical (unpaired) electrons. The van der Waals surface area contributed by atoms with Gasteiger partial charge < -0.3 is 9.88 Å². The molecule has 4 aromatic rings. The van der Waals surface area contributed by atoms with E-state index in [4.69, 9.17) is 0 Å². The van der Waals surface area contributed by atoms with E-state index in [2.05, 4.69) is 32.3 Å². The molecule has 2 aromatic carbocycles. The molecule has 1 aliphatic rings. The lowest BCUT2D eigenvalue weighted by Crippen LogP contribution is -2.33. The summed E-state index contributed by atoms with van der Waals surface area (Å²) in [7, 11) is 0. The molecule has 29 heavy (non-hydrogen) atoms. The van der Waals surface area contributed by atoms with Crippen LogP contribution in [0.15, 0.2) is 67.0 Å². The Balaban J connectivity index is 1.41. The summed E-state index contributed by atoms with van der Waals surface area (Å²) in [6.07, 6.45) is 5.02. The number of aromatic amines is 2. The molecule has 1 aliphatic heterocycles. The van der Waals surface area contributed by atoms with Crippen LogP contribution in [0.2, 0.25) is 0 Å². The van der Waals surface area contributed by atoms with Crippen molar-refractivity contribution in [3.8, 4) is 22.6 Å². The summed E-state index contributed by atoms with van der Waals surface area (Å²) < 4.78 is 0. The molecule has 0 saturated heterocycles. The Hall–Kier alpha value is -3.67. The van der Waals surface area contributed by atoms with Gasteiger partial charge >= 0.3 is 0 Å². The fourth-order valence-corrected chi connectivity index (χ4v) is 3.98. The number of benzene rings is 2. The molecule has 0 saturated carbocycles. The van der Waals surface area contributed by atoms with Gasteiger partial charge in [0.2, 0.25) is 0 Å². The highest BCUT2D eigenvalue weighted by molar-refractivity contribution is 6.00. The van der Waals surface area contributed by atoms with Gasteiger partial charge in [0, 0.05) is 54.3 Å². The molecule has 2 N–H and O–H groups in total. The first-order valence-electron chi connectivity index (χ1n) is 9.81. The average molecular weight is 383 g/mol. The zero-order valence-electron chi connectivity index (χ0n) is 15.9. The number of aromatic nitrogens is 4. The third-order valence-electron chi connectivity index (χ3n) is 5.46. The van der Waals surface area contributed by atoms with Crippen LogP contribution < -0.4 is 0 Å². The number of H-pyrrole nitrogens is 2. The molecule has 6 nitrogen and oxygen atoms in total. The Labute approximate surface area is 168 Å². The standard InChI is InChI=1S/C23H21N5O/c29-23(18-9-5-4-8-17(18)22-24-12-13-25-22)28-14-10-19-20(11-15-28)26-27-21(19)16-6-2-1-3-7-16/h1-9,12-13H,10-11,14-15H2,(H,24,25)(H,26,27). The zero-order valence-corrected chi connectivity index (χ0v) is 15.9. The predicted molar refractivity (Wildman–Crippen MR) is 111 cm³/mol. The molecule has 5 rings (SSSR count). The van der Waals surface area contributed by atoms with Crippen molar-refractivity contribution in [2.75, 3.05) is 13.1 Å². The van der Waals surface area contributed by atoms with E-state index in [1.165, 1.54) is 5.56 Å². The average Bonchev–Trinajstić information content (AvgIpc) is 3.40. The second-order valence-corrected chi connectivity index (χ2v) is 7.17. The van der Waals surface area contributed by atoms with Crippen LogP contribution >= 0.6 is 0 Å². The van der Waals surface area contributed by atoms with E-state index in [1.54, 1.807) is 12.4 Å². The summed E-state index contributed by atoms with van der Waals surface area (Å²) in [5.74, 6) is 0.751. The fraction of sp³-hybridized carbons (Fsp3) is 0.174. The number of carbonyl (C=O) groups excluding carboxylic acids is 1. The number of rotatable bonds is 3. The third-order valence-corrected chi connectivity index (χ3v) is 5.46. The van der Waals surface area contributed by atoms with E-state index in [1.807, 2.05) is 47.4 Å². The SMILES string of the molecule is O=C(c1ccccc1-c1ncc[nH]1)N1CCc2[nH]nc(-c3ccccc3)c2CC1. The van der Waals surface area contributed by atoms with E-state index in [9.17, 15) is 4.79 Å². The summed E-state index contributed by atoms with van der Waals surface area (Å²) in [6.45, 7) is 1.33. The number of amides is 1. The van der Waals surface area contributed by atoms with Crippen molar-refractivity contribution < 1.29 is 4.79 Å². The summed E-state index contributed by atoms with van der Waals surface area (Å²) >= 11 is 0. The van der Waals surface area contributed by atoms with Gasteiger partial charge in [-0.15, -0.1) is 0 Å². The maximum Gasteiger partial charge on any atom is 0.254 e. The van der Waals surface area contributed by atoms with Crippen LogP contribution in [0.5, 0.6) is 0 Å². The molecule has 1 amide bonds. The minimum Gasteiger partial charge on any atom is -0.345 e. The topological polar surface area (TPSA) is 77.7 Å². The van der Waals surface area contributed by atoms with Gasteiger partial charge in [-0.05, 0) is 12.5 Å². The predicted octanol–water partition coefficient (Wildman–Crippen LogP) is 3.71. The molecule has 0 spiro atoms. The summed E-state index contributed by atoms with van der Waals surface area (Å²) in [5, 5.41) is 7.74. The Morgan fingerprint density at radius 2 is 1.76 bits per heavy atom. The highest BCUT2D eigenvalue weighted by atomic mass is 16.2. The van der Waals surface area contributed by atoms with Gasteiger partial charge in [-0.25, -0.2) is 4.98 Å². The Kier molecular flexibility index (Phi) is 4.44. The maximum absolute atomic E-state index is 13.4. The summed E-state index contributed by atoms with van der Waals surface area (Å²) in [6, 6.07) is 17.8. The molecule has 2 aromatic heterocycles. The smallest absolute Gasteiger partial charge is 0.254 e. The number of carbonyl (C=O) groups is 1. The zero-order chi connectivity index (χ0) is 19.6. The largest absolute Gasteiger partial charge is 0.345 e. The van der Waals surface area contributed by atoms with Gasteiger partial charge in [-0.3, -0.25) is 9.89 Å². The highest BCUT2D eigenvalue weighted by Gasteiger charge is 2.25. The van der Waals surface area contributed by atoms with Crippen molar-refractivity contribution in [3.63, 3.8) is 0 Å². The number of nitrogens with one attached hydrogen (secondary N) is 2. The highest BCUT2D eigenvalue weighted by Crippen LogP contribution is 2.28. The monoisotopic (exact) mass is 383 g/mol. The van der Waals surface area contributed by atoms with Crippen molar-refractivity contribution in [2.45, 2.75) is 12.8 Å². The molecule has 6 heteroatoms. The number of fused-ring (bicyclic) bond motifs is 1. The lowest BCUT2D eigenvalue weighted by atomic mass is 10.0. The van der Waals surface area contributed by atoms with Crippen LogP contribution in [0.3, 0.4) is 0 Å². The van der Waals surface area contributed by atoms with E-state index in [0.29, 0.717) is 24.5 Å². The van der Waals surface area contributed by atoms with Crippen LogP contribution in [0, 0.1) is 0 Å². The first-order valence-corrected chi connectivity index (χ1v) is 9.81. The Morgan fingerprint density at radius 3 is 2.59 bits per heavy atom. The van der Waals surface area contributed by atoms with Crippen molar-refractivity contribution in [3.05, 3.63) is 83.8 Å². The van der Waals surface area contributed by atoms with Crippen molar-refractivity contribution in [1.82, 2.24) is 25.1 Å². The first kappa shape index (κ1) is 17.4. The molecule has 0 unspecified atom stereocenters. The summed E-state index contributed by atoms with van der Waals surface area (Å²) in [5.41, 5.74) is 5.94. The molecule has 144 valence electrons. The van der Waals surface area contributed by atoms with E-state index in [0.717, 1.165) is 35.4 Å². The van der Waals surface area contributed by atoms with E-state index < -0.39 is 0 Å². The molecule has 0 aliphatic carbocycles. The number of hydrogen-bond acceptors (Lipinski definition) is 3. The lowest BCUT2D eigenvalue weighted by molar-refractivity contribution is 0.0763. The van der Waals surface area contributed by atoms with Crippen molar-refractivity contribution in [1.29, 1.82) is 0 Å². The van der Waals surface area contributed by atoms with Gasteiger partial charge in [0.15, 0.2) is 0 Å². The molecular weight excluding hydrogens is 362 g/mol. The second kappa shape index (κ2) is 7.39. The fourth-order valence-electron chi connectivity index (χ4n) is 3.98.